The molecule has 0 bridgehead atoms. The van der Waals surface area contributed by atoms with E-state index in [9.17, 15) is 14.3 Å². The molecule has 1 aromatic heterocycles. The molecule has 1 N–H and O–H groups in total. The third-order valence-electron chi connectivity index (χ3n) is 3.02. The van der Waals surface area contributed by atoms with E-state index in [-0.39, 0.29) is 22.8 Å². The van der Waals surface area contributed by atoms with Crippen LogP contribution in [-0.2, 0) is 7.05 Å². The highest BCUT2D eigenvalue weighted by Crippen LogP contribution is 2.32. The SMILES string of the molecule is CC(C)c1cc(F)c(-c2cnn(C)c(=O)c2)cc1O. The van der Waals surface area contributed by atoms with Crippen molar-refractivity contribution in [2.75, 3.05) is 0 Å². The number of aromatic nitrogens is 2. The van der Waals surface area contributed by atoms with Gasteiger partial charge in [-0.25, -0.2) is 9.07 Å². The molecule has 0 spiro atoms. The number of phenols is 1. The van der Waals surface area contributed by atoms with Crippen molar-refractivity contribution < 1.29 is 9.50 Å². The van der Waals surface area contributed by atoms with Crippen LogP contribution >= 0.6 is 0 Å². The Bertz CT molecular complexity index is 678. The van der Waals surface area contributed by atoms with Gasteiger partial charge in [0.25, 0.3) is 5.56 Å². The number of benzene rings is 1. The summed E-state index contributed by atoms with van der Waals surface area (Å²) in [6.07, 6.45) is 1.40. The van der Waals surface area contributed by atoms with Crippen molar-refractivity contribution >= 4 is 0 Å². The molecule has 0 aliphatic carbocycles. The van der Waals surface area contributed by atoms with Gasteiger partial charge in [0.2, 0.25) is 0 Å². The molecule has 19 heavy (non-hydrogen) atoms. The molecule has 2 aromatic rings. The van der Waals surface area contributed by atoms with Crippen LogP contribution in [0.25, 0.3) is 11.1 Å². The average molecular weight is 262 g/mol. The molecule has 2 rings (SSSR count). The molecular formula is C14H15FN2O2. The van der Waals surface area contributed by atoms with Crippen molar-refractivity contribution in [3.63, 3.8) is 0 Å². The Morgan fingerprint density at radius 1 is 1.32 bits per heavy atom. The Morgan fingerprint density at radius 3 is 2.58 bits per heavy atom. The van der Waals surface area contributed by atoms with Crippen LogP contribution in [0.3, 0.4) is 0 Å². The number of nitrogens with zero attached hydrogens (tertiary/aromatic N) is 2. The van der Waals surface area contributed by atoms with Crippen molar-refractivity contribution in [1.29, 1.82) is 0 Å². The van der Waals surface area contributed by atoms with Gasteiger partial charge in [0.15, 0.2) is 0 Å². The lowest BCUT2D eigenvalue weighted by atomic mass is 9.97. The summed E-state index contributed by atoms with van der Waals surface area (Å²) in [5.74, 6) is -0.436. The molecule has 0 aliphatic rings. The van der Waals surface area contributed by atoms with Crippen LogP contribution in [0.15, 0.2) is 29.2 Å². The quantitative estimate of drug-likeness (QED) is 0.904. The lowest BCUT2D eigenvalue weighted by Gasteiger charge is -2.11. The number of phenolic OH excluding ortho intramolecular Hbond substituents is 1. The minimum absolute atomic E-state index is 0.0188. The first-order valence-electron chi connectivity index (χ1n) is 5.96. The Labute approximate surface area is 110 Å². The summed E-state index contributed by atoms with van der Waals surface area (Å²) < 4.78 is 15.2. The summed E-state index contributed by atoms with van der Waals surface area (Å²) in [4.78, 5) is 11.5. The Kier molecular flexibility index (Phi) is 3.38. The first kappa shape index (κ1) is 13.3. The van der Waals surface area contributed by atoms with Gasteiger partial charge in [-0.1, -0.05) is 13.8 Å². The van der Waals surface area contributed by atoms with Gasteiger partial charge in [-0.15, -0.1) is 0 Å². The average Bonchev–Trinajstić information content (AvgIpc) is 2.35. The Morgan fingerprint density at radius 2 is 2.00 bits per heavy atom. The van der Waals surface area contributed by atoms with Crippen LogP contribution in [-0.4, -0.2) is 14.9 Å². The van der Waals surface area contributed by atoms with Crippen LogP contribution in [0, 0.1) is 5.82 Å². The highest BCUT2D eigenvalue weighted by atomic mass is 19.1. The molecule has 0 fully saturated rings. The fourth-order valence-corrected chi connectivity index (χ4v) is 1.88. The minimum atomic E-state index is -0.475. The van der Waals surface area contributed by atoms with E-state index >= 15 is 0 Å². The van der Waals surface area contributed by atoms with E-state index in [0.29, 0.717) is 11.1 Å². The second kappa shape index (κ2) is 4.84. The Balaban J connectivity index is 2.60. The summed E-state index contributed by atoms with van der Waals surface area (Å²) in [5.41, 5.74) is 0.737. The van der Waals surface area contributed by atoms with Crippen molar-refractivity contribution in [3.8, 4) is 16.9 Å². The summed E-state index contributed by atoms with van der Waals surface area (Å²) in [6, 6.07) is 3.92. The van der Waals surface area contributed by atoms with Crippen molar-refractivity contribution in [2.24, 2.45) is 7.05 Å². The van der Waals surface area contributed by atoms with E-state index in [4.69, 9.17) is 0 Å². The lowest BCUT2D eigenvalue weighted by molar-refractivity contribution is 0.462. The topological polar surface area (TPSA) is 55.1 Å². The monoisotopic (exact) mass is 262 g/mol. The minimum Gasteiger partial charge on any atom is -0.508 e. The van der Waals surface area contributed by atoms with Gasteiger partial charge in [0.05, 0.1) is 6.20 Å². The maximum absolute atomic E-state index is 14.1. The van der Waals surface area contributed by atoms with Crippen molar-refractivity contribution in [1.82, 2.24) is 9.78 Å². The number of halogens is 1. The fourth-order valence-electron chi connectivity index (χ4n) is 1.88. The second-order valence-electron chi connectivity index (χ2n) is 4.75. The van der Waals surface area contributed by atoms with Crippen molar-refractivity contribution in [3.05, 3.63) is 46.1 Å². The standard InChI is InChI=1S/C14H15FN2O2/c1-8(2)10-5-12(15)11(6-13(10)18)9-4-14(19)17(3)16-7-9/h4-8,18H,1-3H3. The smallest absolute Gasteiger partial charge is 0.267 e. The summed E-state index contributed by atoms with van der Waals surface area (Å²) in [5, 5.41) is 13.7. The zero-order chi connectivity index (χ0) is 14.2. The molecule has 5 heteroatoms. The first-order chi connectivity index (χ1) is 8.90. The molecule has 100 valence electrons. The van der Waals surface area contributed by atoms with Crippen LogP contribution in [0.1, 0.15) is 25.3 Å². The largest absolute Gasteiger partial charge is 0.508 e. The van der Waals surface area contributed by atoms with Crippen LogP contribution < -0.4 is 5.56 Å². The molecule has 1 heterocycles. The Hall–Kier alpha value is -2.17. The molecule has 0 unspecified atom stereocenters. The molecule has 0 saturated heterocycles. The maximum Gasteiger partial charge on any atom is 0.267 e. The fraction of sp³-hybridized carbons (Fsp3) is 0.286. The van der Waals surface area contributed by atoms with Gasteiger partial charge >= 0.3 is 0 Å². The molecule has 1 aromatic carbocycles. The third kappa shape index (κ3) is 2.50. The molecule has 0 amide bonds. The molecule has 0 radical (unpaired) electrons. The second-order valence-corrected chi connectivity index (χ2v) is 4.75. The van der Waals surface area contributed by atoms with E-state index in [2.05, 4.69) is 5.10 Å². The highest BCUT2D eigenvalue weighted by Gasteiger charge is 2.14. The zero-order valence-electron chi connectivity index (χ0n) is 11.0. The third-order valence-corrected chi connectivity index (χ3v) is 3.02. The van der Waals surface area contributed by atoms with Gasteiger partial charge in [-0.3, -0.25) is 4.79 Å². The normalized spacial score (nSPS) is 11.0. The molecule has 0 aliphatic heterocycles. The molecule has 4 nitrogen and oxygen atoms in total. The first-order valence-corrected chi connectivity index (χ1v) is 5.96. The van der Waals surface area contributed by atoms with E-state index in [1.807, 2.05) is 13.8 Å². The molecule has 0 saturated carbocycles. The number of aryl methyl sites for hydroxylation is 1. The van der Waals surface area contributed by atoms with Gasteiger partial charge in [-0.2, -0.15) is 5.10 Å². The number of hydrogen-bond acceptors (Lipinski definition) is 3. The van der Waals surface area contributed by atoms with Gasteiger partial charge in [0.1, 0.15) is 11.6 Å². The predicted molar refractivity (Wildman–Crippen MR) is 70.6 cm³/mol. The molecular weight excluding hydrogens is 247 g/mol. The van der Waals surface area contributed by atoms with Gasteiger partial charge in [-0.05, 0) is 23.6 Å². The van der Waals surface area contributed by atoms with Crippen LogP contribution in [0.5, 0.6) is 5.75 Å². The number of rotatable bonds is 2. The highest BCUT2D eigenvalue weighted by molar-refractivity contribution is 5.65. The summed E-state index contributed by atoms with van der Waals surface area (Å²) >= 11 is 0. The molecule has 0 atom stereocenters. The zero-order valence-corrected chi connectivity index (χ0v) is 11.0. The number of hydrogen-bond donors (Lipinski definition) is 1. The number of aromatic hydroxyl groups is 1. The predicted octanol–water partition coefficient (Wildman–Crippen LogP) is 2.42. The van der Waals surface area contributed by atoms with Crippen LogP contribution in [0.4, 0.5) is 4.39 Å². The summed E-state index contributed by atoms with van der Waals surface area (Å²) in [7, 11) is 1.52. The van der Waals surface area contributed by atoms with Crippen molar-refractivity contribution in [2.45, 2.75) is 19.8 Å². The van der Waals surface area contributed by atoms with Gasteiger partial charge < -0.3 is 5.11 Å². The maximum atomic E-state index is 14.1. The van der Waals surface area contributed by atoms with E-state index in [1.54, 1.807) is 0 Å². The van der Waals surface area contributed by atoms with Crippen LogP contribution in [0.2, 0.25) is 0 Å². The van der Waals surface area contributed by atoms with E-state index in [1.165, 1.54) is 31.4 Å². The lowest BCUT2D eigenvalue weighted by Crippen LogP contribution is -2.18. The van der Waals surface area contributed by atoms with Gasteiger partial charge in [0, 0.05) is 24.2 Å². The van der Waals surface area contributed by atoms with E-state index < -0.39 is 5.82 Å². The summed E-state index contributed by atoms with van der Waals surface area (Å²) in [6.45, 7) is 3.74. The van der Waals surface area contributed by atoms with E-state index in [0.717, 1.165) is 4.68 Å².